The standard InChI is InChI=1S/C29H33N3O3/c1-3-21-15-24-27(16-26(21)33-2)34-19-25-28(35-30-29(24)25)18-32-12-10-31(11-13-32)17-20-8-9-22-6-4-5-7-23(22)14-20/h4-9,14-16,25,28H,3,10-13,17-19H2,1-2H3. The van der Waals surface area contributed by atoms with Crippen LogP contribution < -0.4 is 9.47 Å². The number of rotatable bonds is 6. The van der Waals surface area contributed by atoms with Crippen LogP contribution in [-0.2, 0) is 17.8 Å². The van der Waals surface area contributed by atoms with Crippen molar-refractivity contribution in [3.05, 3.63) is 71.3 Å². The van der Waals surface area contributed by atoms with E-state index in [1.165, 1.54) is 21.9 Å². The molecule has 0 amide bonds. The molecule has 0 N–H and O–H groups in total. The van der Waals surface area contributed by atoms with Gasteiger partial charge < -0.3 is 14.3 Å². The quantitative estimate of drug-likeness (QED) is 0.535. The number of nitrogens with zero attached hydrogens (tertiary/aromatic N) is 3. The highest BCUT2D eigenvalue weighted by Gasteiger charge is 2.41. The van der Waals surface area contributed by atoms with Crippen LogP contribution in [0.15, 0.2) is 59.8 Å². The lowest BCUT2D eigenvalue weighted by atomic mass is 9.89. The number of oxime groups is 1. The van der Waals surface area contributed by atoms with Gasteiger partial charge in [-0.3, -0.25) is 9.80 Å². The molecule has 0 spiro atoms. The molecule has 0 saturated carbocycles. The van der Waals surface area contributed by atoms with E-state index in [9.17, 15) is 0 Å². The van der Waals surface area contributed by atoms with Gasteiger partial charge in [-0.25, -0.2) is 0 Å². The maximum Gasteiger partial charge on any atom is 0.151 e. The van der Waals surface area contributed by atoms with E-state index in [0.29, 0.717) is 6.61 Å². The van der Waals surface area contributed by atoms with E-state index in [4.69, 9.17) is 14.3 Å². The van der Waals surface area contributed by atoms with Crippen molar-refractivity contribution in [2.24, 2.45) is 11.1 Å². The fourth-order valence-corrected chi connectivity index (χ4v) is 5.59. The number of methoxy groups -OCH3 is 1. The second-order valence-corrected chi connectivity index (χ2v) is 9.81. The first-order chi connectivity index (χ1) is 17.2. The highest BCUT2D eigenvalue weighted by atomic mass is 16.6. The van der Waals surface area contributed by atoms with Gasteiger partial charge in [-0.05, 0) is 40.5 Å². The summed E-state index contributed by atoms with van der Waals surface area (Å²) in [6.07, 6.45) is 0.944. The fourth-order valence-electron chi connectivity index (χ4n) is 5.59. The van der Waals surface area contributed by atoms with Gasteiger partial charge in [-0.15, -0.1) is 0 Å². The lowest BCUT2D eigenvalue weighted by Crippen LogP contribution is -2.50. The van der Waals surface area contributed by atoms with Crippen molar-refractivity contribution in [1.82, 2.24) is 9.80 Å². The minimum atomic E-state index is 0.0392. The Kier molecular flexibility index (Phi) is 6.08. The van der Waals surface area contributed by atoms with Crippen molar-refractivity contribution in [1.29, 1.82) is 0 Å². The van der Waals surface area contributed by atoms with Gasteiger partial charge in [0.15, 0.2) is 6.10 Å². The summed E-state index contributed by atoms with van der Waals surface area (Å²) >= 11 is 0. The largest absolute Gasteiger partial charge is 0.496 e. The number of benzene rings is 3. The van der Waals surface area contributed by atoms with Gasteiger partial charge in [0.25, 0.3) is 0 Å². The van der Waals surface area contributed by atoms with E-state index in [-0.39, 0.29) is 12.0 Å². The number of hydrogen-bond acceptors (Lipinski definition) is 6. The SMILES string of the molecule is CCc1cc2c(cc1OC)OCC1C2=NOC1CN1CCN(Cc2ccc3ccccc3c2)CC1. The lowest BCUT2D eigenvalue weighted by Gasteiger charge is -2.36. The molecule has 6 heteroatoms. The third-order valence-corrected chi connectivity index (χ3v) is 7.67. The van der Waals surface area contributed by atoms with Crippen molar-refractivity contribution in [3.63, 3.8) is 0 Å². The molecule has 0 bridgehead atoms. The van der Waals surface area contributed by atoms with E-state index < -0.39 is 0 Å². The summed E-state index contributed by atoms with van der Waals surface area (Å²) in [6, 6.07) is 19.6. The minimum Gasteiger partial charge on any atom is -0.496 e. The maximum absolute atomic E-state index is 6.15. The van der Waals surface area contributed by atoms with Crippen LogP contribution >= 0.6 is 0 Å². The second-order valence-electron chi connectivity index (χ2n) is 9.81. The molecule has 3 aliphatic heterocycles. The minimum absolute atomic E-state index is 0.0392. The molecule has 3 heterocycles. The normalized spacial score (nSPS) is 22.2. The van der Waals surface area contributed by atoms with Crippen molar-refractivity contribution in [2.75, 3.05) is 46.4 Å². The molecule has 35 heavy (non-hydrogen) atoms. The molecule has 3 aromatic carbocycles. The first kappa shape index (κ1) is 22.4. The molecule has 0 aliphatic carbocycles. The zero-order valence-corrected chi connectivity index (χ0v) is 20.6. The number of hydrogen-bond donors (Lipinski definition) is 0. The van der Waals surface area contributed by atoms with Gasteiger partial charge in [0.2, 0.25) is 0 Å². The van der Waals surface area contributed by atoms with E-state index in [1.807, 2.05) is 6.07 Å². The predicted octanol–water partition coefficient (Wildman–Crippen LogP) is 4.34. The van der Waals surface area contributed by atoms with Gasteiger partial charge in [0.1, 0.15) is 23.8 Å². The van der Waals surface area contributed by atoms with Crippen LogP contribution in [0.1, 0.15) is 23.6 Å². The summed E-state index contributed by atoms with van der Waals surface area (Å²) < 4.78 is 11.7. The number of fused-ring (bicyclic) bond motifs is 4. The Hall–Kier alpha value is -3.09. The Labute approximate surface area is 207 Å². The van der Waals surface area contributed by atoms with Crippen molar-refractivity contribution >= 4 is 16.5 Å². The Morgan fingerprint density at radius 2 is 1.77 bits per heavy atom. The highest BCUT2D eigenvalue weighted by molar-refractivity contribution is 6.06. The van der Waals surface area contributed by atoms with Crippen LogP contribution in [0.2, 0.25) is 0 Å². The van der Waals surface area contributed by atoms with E-state index >= 15 is 0 Å². The third-order valence-electron chi connectivity index (χ3n) is 7.67. The predicted molar refractivity (Wildman–Crippen MR) is 138 cm³/mol. The zero-order valence-electron chi connectivity index (χ0n) is 20.6. The lowest BCUT2D eigenvalue weighted by molar-refractivity contribution is 0.00849. The van der Waals surface area contributed by atoms with Crippen LogP contribution in [0.5, 0.6) is 11.5 Å². The summed E-state index contributed by atoms with van der Waals surface area (Å²) in [5, 5.41) is 7.15. The van der Waals surface area contributed by atoms with Crippen LogP contribution in [0, 0.1) is 5.92 Å². The second kappa shape index (κ2) is 9.51. The summed E-state index contributed by atoms with van der Waals surface area (Å²) in [5.41, 5.74) is 4.64. The summed E-state index contributed by atoms with van der Waals surface area (Å²) in [6.45, 7) is 8.86. The molecule has 2 atom stereocenters. The molecule has 3 aliphatic rings. The molecule has 1 saturated heterocycles. The number of piperazine rings is 1. The molecule has 1 fully saturated rings. The molecule has 0 aromatic heterocycles. The van der Waals surface area contributed by atoms with Gasteiger partial charge in [0, 0.05) is 50.9 Å². The van der Waals surface area contributed by atoms with Crippen molar-refractivity contribution in [3.8, 4) is 11.5 Å². The topological polar surface area (TPSA) is 46.5 Å². The monoisotopic (exact) mass is 471 g/mol. The molecule has 6 rings (SSSR count). The molecule has 2 unspecified atom stereocenters. The van der Waals surface area contributed by atoms with Crippen LogP contribution in [0.4, 0.5) is 0 Å². The Balaban J connectivity index is 1.06. The van der Waals surface area contributed by atoms with E-state index in [2.05, 4.69) is 70.4 Å². The van der Waals surface area contributed by atoms with Crippen molar-refractivity contribution < 1.29 is 14.3 Å². The molecular formula is C29H33N3O3. The third kappa shape index (κ3) is 4.37. The molecular weight excluding hydrogens is 438 g/mol. The number of aryl methyl sites for hydroxylation is 1. The van der Waals surface area contributed by atoms with Gasteiger partial charge >= 0.3 is 0 Å². The van der Waals surface area contributed by atoms with Gasteiger partial charge in [-0.2, -0.15) is 0 Å². The van der Waals surface area contributed by atoms with E-state index in [0.717, 1.165) is 68.5 Å². The zero-order chi connectivity index (χ0) is 23.8. The van der Waals surface area contributed by atoms with Crippen LogP contribution in [0.3, 0.4) is 0 Å². The molecule has 0 radical (unpaired) electrons. The maximum atomic E-state index is 6.15. The van der Waals surface area contributed by atoms with Crippen LogP contribution in [0.25, 0.3) is 10.8 Å². The Bertz CT molecular complexity index is 1250. The number of ether oxygens (including phenoxy) is 2. The van der Waals surface area contributed by atoms with Gasteiger partial charge in [0.05, 0.1) is 13.0 Å². The van der Waals surface area contributed by atoms with Crippen molar-refractivity contribution in [2.45, 2.75) is 26.0 Å². The van der Waals surface area contributed by atoms with Crippen LogP contribution in [-0.4, -0.2) is 68.1 Å². The van der Waals surface area contributed by atoms with E-state index in [1.54, 1.807) is 7.11 Å². The first-order valence-corrected chi connectivity index (χ1v) is 12.7. The summed E-state index contributed by atoms with van der Waals surface area (Å²) in [7, 11) is 1.71. The van der Waals surface area contributed by atoms with Gasteiger partial charge in [-0.1, -0.05) is 48.5 Å². The highest BCUT2D eigenvalue weighted by Crippen LogP contribution is 2.38. The summed E-state index contributed by atoms with van der Waals surface area (Å²) in [5.74, 6) is 1.90. The Morgan fingerprint density at radius 1 is 0.971 bits per heavy atom. The smallest absolute Gasteiger partial charge is 0.151 e. The molecule has 6 nitrogen and oxygen atoms in total. The Morgan fingerprint density at radius 3 is 2.57 bits per heavy atom. The fraction of sp³-hybridized carbons (Fsp3) is 0.414. The molecule has 182 valence electrons. The average Bonchev–Trinajstić information content (AvgIpc) is 3.32. The summed E-state index contributed by atoms with van der Waals surface area (Å²) in [4.78, 5) is 11.0. The molecule has 3 aromatic rings. The first-order valence-electron chi connectivity index (χ1n) is 12.7. The average molecular weight is 472 g/mol.